The van der Waals surface area contributed by atoms with E-state index in [0.29, 0.717) is 37.2 Å². The smallest absolute Gasteiger partial charge is 0.265 e. The van der Waals surface area contributed by atoms with Crippen LogP contribution >= 0.6 is 0 Å². The molecule has 0 saturated heterocycles. The van der Waals surface area contributed by atoms with Crippen LogP contribution < -0.4 is 28.6 Å². The molecule has 0 heterocycles. The second kappa shape index (κ2) is 13.4. The molecule has 1 saturated carbocycles. The number of hydrogen-bond acceptors (Lipinski definition) is 8. The first-order valence-electron chi connectivity index (χ1n) is 12.2. The zero-order chi connectivity index (χ0) is 26.8. The maximum absolute atomic E-state index is 13.9. The van der Waals surface area contributed by atoms with Gasteiger partial charge in [-0.2, -0.15) is 0 Å². The molecule has 1 fully saturated rings. The number of benzene rings is 2. The van der Waals surface area contributed by atoms with Gasteiger partial charge in [-0.3, -0.25) is 9.10 Å². The number of nitrogens with zero attached hydrogens (tertiary/aromatic N) is 1. The fourth-order valence-electron chi connectivity index (χ4n) is 4.19. The molecule has 0 aromatic heterocycles. The van der Waals surface area contributed by atoms with E-state index in [1.807, 2.05) is 0 Å². The fourth-order valence-corrected chi connectivity index (χ4v) is 5.63. The predicted octanol–water partition coefficient (Wildman–Crippen LogP) is 3.38. The minimum atomic E-state index is -4.23. The van der Waals surface area contributed by atoms with Gasteiger partial charge >= 0.3 is 0 Å². The minimum absolute atomic E-state index is 0.0761. The Morgan fingerprint density at radius 3 is 2.24 bits per heavy atom. The standard InChI is InChI=1S/C26H36N2O8S/c1-32-20-10-12-23(33-2)22(16-20)28(18-26(29)27-14-7-15-36-19-8-5-6-9-19)37(30,31)21-11-13-24(34-3)25(17-21)35-4/h10-13,16-17,19H,5-9,14-15,18H2,1-4H3,(H,27,29). The molecule has 0 atom stereocenters. The molecule has 0 bridgehead atoms. The topological polar surface area (TPSA) is 113 Å². The van der Waals surface area contributed by atoms with Crippen molar-refractivity contribution in [1.29, 1.82) is 0 Å². The third kappa shape index (κ3) is 7.20. The number of methoxy groups -OCH3 is 4. The molecule has 0 unspecified atom stereocenters. The largest absolute Gasteiger partial charge is 0.497 e. The molecule has 2 aromatic rings. The summed E-state index contributed by atoms with van der Waals surface area (Å²) in [6.07, 6.45) is 5.49. The van der Waals surface area contributed by atoms with Crippen molar-refractivity contribution in [3.05, 3.63) is 36.4 Å². The van der Waals surface area contributed by atoms with Crippen LogP contribution in [0.2, 0.25) is 0 Å². The van der Waals surface area contributed by atoms with E-state index in [9.17, 15) is 13.2 Å². The molecule has 204 valence electrons. The molecule has 0 radical (unpaired) electrons. The number of carbonyl (C=O) groups excluding carboxylic acids is 1. The Morgan fingerprint density at radius 2 is 1.59 bits per heavy atom. The highest BCUT2D eigenvalue weighted by Gasteiger charge is 2.31. The lowest BCUT2D eigenvalue weighted by atomic mass is 10.2. The van der Waals surface area contributed by atoms with E-state index in [1.165, 1.54) is 65.5 Å². The third-order valence-corrected chi connectivity index (χ3v) is 7.94. The summed E-state index contributed by atoms with van der Waals surface area (Å²) in [4.78, 5) is 12.9. The summed E-state index contributed by atoms with van der Waals surface area (Å²) >= 11 is 0. The summed E-state index contributed by atoms with van der Waals surface area (Å²) in [7, 11) is 1.54. The zero-order valence-corrected chi connectivity index (χ0v) is 22.6. The van der Waals surface area contributed by atoms with Gasteiger partial charge in [0.2, 0.25) is 5.91 Å². The van der Waals surface area contributed by atoms with Crippen molar-refractivity contribution in [3.63, 3.8) is 0 Å². The first-order chi connectivity index (χ1) is 17.8. The lowest BCUT2D eigenvalue weighted by Crippen LogP contribution is -2.41. The van der Waals surface area contributed by atoms with Crippen LogP contribution in [-0.2, 0) is 19.6 Å². The first kappa shape index (κ1) is 28.4. The molecular formula is C26H36N2O8S. The lowest BCUT2D eigenvalue weighted by molar-refractivity contribution is -0.119. The Balaban J connectivity index is 1.84. The summed E-state index contributed by atoms with van der Waals surface area (Å²) in [5.74, 6) is 0.836. The number of hydrogen-bond donors (Lipinski definition) is 1. The van der Waals surface area contributed by atoms with E-state index >= 15 is 0 Å². The van der Waals surface area contributed by atoms with Crippen LogP contribution in [0, 0.1) is 0 Å². The molecule has 3 rings (SSSR count). The Kier molecular flexibility index (Phi) is 10.3. The van der Waals surface area contributed by atoms with Gasteiger partial charge in [0.25, 0.3) is 10.0 Å². The van der Waals surface area contributed by atoms with E-state index in [-0.39, 0.29) is 22.1 Å². The van der Waals surface area contributed by atoms with E-state index in [1.54, 1.807) is 12.1 Å². The highest BCUT2D eigenvalue weighted by Crippen LogP contribution is 2.37. The third-order valence-electron chi connectivity index (χ3n) is 6.18. The second-order valence-corrected chi connectivity index (χ2v) is 10.4. The van der Waals surface area contributed by atoms with Crippen molar-refractivity contribution in [1.82, 2.24) is 5.32 Å². The van der Waals surface area contributed by atoms with Gasteiger partial charge in [-0.15, -0.1) is 0 Å². The second-order valence-electron chi connectivity index (χ2n) is 8.55. The van der Waals surface area contributed by atoms with E-state index < -0.39 is 22.5 Å². The van der Waals surface area contributed by atoms with Crippen LogP contribution in [0.1, 0.15) is 32.1 Å². The summed E-state index contributed by atoms with van der Waals surface area (Å²) in [5.41, 5.74) is 0.163. The molecule has 11 heteroatoms. The van der Waals surface area contributed by atoms with Gasteiger partial charge in [0.05, 0.1) is 45.1 Å². The highest BCUT2D eigenvalue weighted by molar-refractivity contribution is 7.92. The normalized spacial score (nSPS) is 13.7. The number of carbonyl (C=O) groups is 1. The molecule has 10 nitrogen and oxygen atoms in total. The molecule has 1 aliphatic rings. The van der Waals surface area contributed by atoms with Gasteiger partial charge in [-0.25, -0.2) is 8.42 Å². The molecular weight excluding hydrogens is 500 g/mol. The van der Waals surface area contributed by atoms with Gasteiger partial charge in [-0.1, -0.05) is 12.8 Å². The molecule has 1 aliphatic carbocycles. The number of sulfonamides is 1. The van der Waals surface area contributed by atoms with Crippen molar-refractivity contribution in [2.45, 2.75) is 43.1 Å². The van der Waals surface area contributed by atoms with Crippen LogP contribution in [0.3, 0.4) is 0 Å². The average Bonchev–Trinajstić information content (AvgIpc) is 3.44. The molecule has 0 aliphatic heterocycles. The number of ether oxygens (including phenoxy) is 5. The molecule has 0 spiro atoms. The summed E-state index contributed by atoms with van der Waals surface area (Å²) in [5, 5.41) is 2.80. The predicted molar refractivity (Wildman–Crippen MR) is 139 cm³/mol. The van der Waals surface area contributed by atoms with Crippen LogP contribution in [0.25, 0.3) is 0 Å². The van der Waals surface area contributed by atoms with Crippen molar-refractivity contribution in [3.8, 4) is 23.0 Å². The van der Waals surface area contributed by atoms with Crippen molar-refractivity contribution < 1.29 is 36.9 Å². The Hall–Kier alpha value is -3.18. The van der Waals surface area contributed by atoms with Gasteiger partial charge in [0, 0.05) is 25.3 Å². The molecule has 1 amide bonds. The van der Waals surface area contributed by atoms with Gasteiger partial charge in [-0.05, 0) is 43.5 Å². The minimum Gasteiger partial charge on any atom is -0.497 e. The molecule has 2 aromatic carbocycles. The van der Waals surface area contributed by atoms with Crippen molar-refractivity contribution in [2.75, 3.05) is 52.4 Å². The summed E-state index contributed by atoms with van der Waals surface area (Å²) < 4.78 is 55.8. The van der Waals surface area contributed by atoms with Crippen LogP contribution in [-0.4, -0.2) is 68.6 Å². The lowest BCUT2D eigenvalue weighted by Gasteiger charge is -2.26. The highest BCUT2D eigenvalue weighted by atomic mass is 32.2. The molecule has 1 N–H and O–H groups in total. The quantitative estimate of drug-likeness (QED) is 0.366. The van der Waals surface area contributed by atoms with Crippen LogP contribution in [0.4, 0.5) is 5.69 Å². The Morgan fingerprint density at radius 1 is 0.919 bits per heavy atom. The molecule has 37 heavy (non-hydrogen) atoms. The van der Waals surface area contributed by atoms with Crippen molar-refractivity contribution >= 4 is 21.6 Å². The number of rotatable bonds is 14. The van der Waals surface area contributed by atoms with Crippen LogP contribution in [0.15, 0.2) is 41.3 Å². The maximum atomic E-state index is 13.9. The fraction of sp³-hybridized carbons (Fsp3) is 0.500. The van der Waals surface area contributed by atoms with E-state index in [0.717, 1.165) is 17.1 Å². The van der Waals surface area contributed by atoms with E-state index in [2.05, 4.69) is 5.32 Å². The Bertz CT molecular complexity index is 1150. The number of anilines is 1. The summed E-state index contributed by atoms with van der Waals surface area (Å²) in [6.45, 7) is 0.442. The Labute approximate surface area is 218 Å². The van der Waals surface area contributed by atoms with Gasteiger partial charge in [0.1, 0.15) is 18.0 Å². The van der Waals surface area contributed by atoms with Gasteiger partial charge in [0.15, 0.2) is 11.5 Å². The monoisotopic (exact) mass is 536 g/mol. The first-order valence-corrected chi connectivity index (χ1v) is 13.6. The zero-order valence-electron chi connectivity index (χ0n) is 21.8. The number of nitrogens with one attached hydrogen (secondary N) is 1. The van der Waals surface area contributed by atoms with E-state index in [4.69, 9.17) is 23.7 Å². The average molecular weight is 537 g/mol. The SMILES string of the molecule is COc1ccc(OC)c(N(CC(=O)NCCCOC2CCCC2)S(=O)(=O)c2ccc(OC)c(OC)c2)c1. The number of amides is 1. The van der Waals surface area contributed by atoms with Crippen molar-refractivity contribution in [2.24, 2.45) is 0 Å². The summed E-state index contributed by atoms with van der Waals surface area (Å²) in [6, 6.07) is 9.00. The van der Waals surface area contributed by atoms with Gasteiger partial charge < -0.3 is 29.0 Å². The van der Waals surface area contributed by atoms with Crippen LogP contribution in [0.5, 0.6) is 23.0 Å². The maximum Gasteiger partial charge on any atom is 0.265 e.